The van der Waals surface area contributed by atoms with Crippen molar-refractivity contribution in [2.24, 2.45) is 0 Å². The molecule has 7 nitrogen and oxygen atoms in total. The van der Waals surface area contributed by atoms with Gasteiger partial charge in [0, 0.05) is 6.54 Å². The predicted molar refractivity (Wildman–Crippen MR) is 126 cm³/mol. The number of fused-ring (bicyclic) bond motifs is 2. The lowest BCUT2D eigenvalue weighted by Crippen LogP contribution is -2.24. The van der Waals surface area contributed by atoms with Gasteiger partial charge in [-0.25, -0.2) is 4.68 Å². The molecule has 3 heterocycles. The molecular weight excluding hydrogens is 402 g/mol. The molecule has 5 rings (SSSR count). The summed E-state index contributed by atoms with van der Waals surface area (Å²) in [6.45, 7) is 7.46. The van der Waals surface area contributed by atoms with Crippen molar-refractivity contribution in [2.75, 3.05) is 11.9 Å². The number of aryl methyl sites for hydroxylation is 1. The first-order chi connectivity index (χ1) is 15.4. The molecule has 164 valence electrons. The average Bonchev–Trinajstić information content (AvgIpc) is 3.23. The Kier molecular flexibility index (Phi) is 4.96. The Balaban J connectivity index is 1.33. The van der Waals surface area contributed by atoms with Crippen LogP contribution in [0.25, 0.3) is 22.2 Å². The molecule has 7 heteroatoms. The van der Waals surface area contributed by atoms with Crippen LogP contribution in [-0.2, 0) is 18.5 Å². The number of hydrogen-bond donors (Lipinski definition) is 2. The fourth-order valence-corrected chi connectivity index (χ4v) is 4.03. The summed E-state index contributed by atoms with van der Waals surface area (Å²) in [6.07, 6.45) is 3.70. The van der Waals surface area contributed by atoms with Crippen molar-refractivity contribution >= 4 is 17.0 Å². The standard InChI is InChI=1S/C25H27N5O2/c1-25(2,3)30-22-20(15-27-30)23(31)29-24(28-22)26-14-16-6-8-17(9-7-16)18-10-11-21-19(13-18)5-4-12-32-21/h6-11,13,15H,4-5,12,14H2,1-3H3,(H2,26,28,29,31). The summed E-state index contributed by atoms with van der Waals surface area (Å²) in [6, 6.07) is 14.8. The van der Waals surface area contributed by atoms with Gasteiger partial charge in [0.25, 0.3) is 5.56 Å². The number of anilines is 1. The van der Waals surface area contributed by atoms with E-state index < -0.39 is 0 Å². The second-order valence-corrected chi connectivity index (χ2v) is 9.20. The second-order valence-electron chi connectivity index (χ2n) is 9.20. The molecular formula is C25H27N5O2. The number of aromatic nitrogens is 4. The Hall–Kier alpha value is -3.61. The van der Waals surface area contributed by atoms with Crippen LogP contribution in [0.1, 0.15) is 38.3 Å². The normalized spacial score (nSPS) is 13.6. The quantitative estimate of drug-likeness (QED) is 0.500. The van der Waals surface area contributed by atoms with E-state index in [-0.39, 0.29) is 11.1 Å². The third kappa shape index (κ3) is 3.86. The van der Waals surface area contributed by atoms with Crippen LogP contribution < -0.4 is 15.6 Å². The minimum atomic E-state index is -0.265. The summed E-state index contributed by atoms with van der Waals surface area (Å²) in [5.74, 6) is 1.44. The van der Waals surface area contributed by atoms with E-state index in [2.05, 4.69) is 62.8 Å². The third-order valence-corrected chi connectivity index (χ3v) is 5.73. The first-order valence-electron chi connectivity index (χ1n) is 11.0. The summed E-state index contributed by atoms with van der Waals surface area (Å²) >= 11 is 0. The van der Waals surface area contributed by atoms with Gasteiger partial charge in [0.1, 0.15) is 11.1 Å². The van der Waals surface area contributed by atoms with Gasteiger partial charge in [0.15, 0.2) is 5.65 Å². The molecule has 2 aromatic carbocycles. The van der Waals surface area contributed by atoms with Crippen LogP contribution in [0.3, 0.4) is 0 Å². The highest BCUT2D eigenvalue weighted by Crippen LogP contribution is 2.30. The molecule has 2 aromatic heterocycles. The number of rotatable bonds is 4. The zero-order valence-corrected chi connectivity index (χ0v) is 18.6. The molecule has 0 unspecified atom stereocenters. The molecule has 0 amide bonds. The first kappa shape index (κ1) is 20.3. The molecule has 0 atom stereocenters. The third-order valence-electron chi connectivity index (χ3n) is 5.73. The van der Waals surface area contributed by atoms with E-state index in [4.69, 9.17) is 4.74 Å². The van der Waals surface area contributed by atoms with Crippen molar-refractivity contribution in [3.8, 4) is 16.9 Å². The van der Waals surface area contributed by atoms with Crippen molar-refractivity contribution < 1.29 is 4.74 Å². The Morgan fingerprint density at radius 3 is 2.69 bits per heavy atom. The Morgan fingerprint density at radius 1 is 1.12 bits per heavy atom. The van der Waals surface area contributed by atoms with Crippen LogP contribution in [0.4, 0.5) is 5.95 Å². The SMILES string of the molecule is CC(C)(C)n1ncc2c(=O)[nH]c(NCc3ccc(-c4ccc5c(c4)CCCO5)cc3)nc21. The summed E-state index contributed by atoms with van der Waals surface area (Å²) in [5, 5.41) is 8.08. The molecule has 0 aliphatic carbocycles. The molecule has 0 saturated heterocycles. The van der Waals surface area contributed by atoms with Gasteiger partial charge >= 0.3 is 0 Å². The smallest absolute Gasteiger partial charge is 0.263 e. The number of nitrogens with one attached hydrogen (secondary N) is 2. The molecule has 0 saturated carbocycles. The van der Waals surface area contributed by atoms with E-state index in [0.717, 1.165) is 30.8 Å². The largest absolute Gasteiger partial charge is 0.493 e. The molecule has 0 spiro atoms. The van der Waals surface area contributed by atoms with Crippen LogP contribution in [-0.4, -0.2) is 26.4 Å². The number of H-pyrrole nitrogens is 1. The minimum Gasteiger partial charge on any atom is -0.493 e. The lowest BCUT2D eigenvalue weighted by molar-refractivity contribution is 0.288. The minimum absolute atomic E-state index is 0.195. The maximum atomic E-state index is 12.5. The highest BCUT2D eigenvalue weighted by atomic mass is 16.5. The van der Waals surface area contributed by atoms with Gasteiger partial charge in [-0.05, 0) is 68.0 Å². The number of ether oxygens (including phenoxy) is 1. The Bertz CT molecular complexity index is 1330. The highest BCUT2D eigenvalue weighted by Gasteiger charge is 2.20. The molecule has 4 aromatic rings. The van der Waals surface area contributed by atoms with Gasteiger partial charge in [0.05, 0.1) is 18.3 Å². The highest BCUT2D eigenvalue weighted by molar-refractivity contribution is 5.74. The van der Waals surface area contributed by atoms with Crippen molar-refractivity contribution in [2.45, 2.75) is 45.7 Å². The zero-order valence-electron chi connectivity index (χ0n) is 18.6. The second kappa shape index (κ2) is 7.82. The summed E-state index contributed by atoms with van der Waals surface area (Å²) in [4.78, 5) is 19.9. The van der Waals surface area contributed by atoms with E-state index in [1.807, 2.05) is 20.8 Å². The summed E-state index contributed by atoms with van der Waals surface area (Å²) < 4.78 is 7.50. The van der Waals surface area contributed by atoms with E-state index in [9.17, 15) is 4.79 Å². The van der Waals surface area contributed by atoms with Gasteiger partial charge in [-0.1, -0.05) is 30.3 Å². The topological polar surface area (TPSA) is 84.8 Å². The van der Waals surface area contributed by atoms with E-state index in [1.165, 1.54) is 16.7 Å². The first-order valence-corrected chi connectivity index (χ1v) is 11.0. The number of nitrogens with zero attached hydrogens (tertiary/aromatic N) is 3. The molecule has 0 bridgehead atoms. The van der Waals surface area contributed by atoms with Crippen LogP contribution in [0.15, 0.2) is 53.5 Å². The average molecular weight is 430 g/mol. The number of benzene rings is 2. The van der Waals surface area contributed by atoms with E-state index in [0.29, 0.717) is 23.5 Å². The Morgan fingerprint density at radius 2 is 1.91 bits per heavy atom. The van der Waals surface area contributed by atoms with Crippen molar-refractivity contribution in [3.05, 3.63) is 70.1 Å². The van der Waals surface area contributed by atoms with Gasteiger partial charge in [-0.3, -0.25) is 9.78 Å². The Labute approximate surface area is 186 Å². The molecule has 2 N–H and O–H groups in total. The fraction of sp³-hybridized carbons (Fsp3) is 0.320. The molecule has 1 aliphatic heterocycles. The molecule has 0 radical (unpaired) electrons. The van der Waals surface area contributed by atoms with Crippen LogP contribution in [0, 0.1) is 0 Å². The van der Waals surface area contributed by atoms with E-state index in [1.54, 1.807) is 10.9 Å². The number of aromatic amines is 1. The maximum Gasteiger partial charge on any atom is 0.263 e. The van der Waals surface area contributed by atoms with Gasteiger partial charge in [0.2, 0.25) is 5.95 Å². The monoisotopic (exact) mass is 429 g/mol. The maximum absolute atomic E-state index is 12.5. The van der Waals surface area contributed by atoms with Crippen molar-refractivity contribution in [1.29, 1.82) is 0 Å². The molecule has 0 fully saturated rings. The van der Waals surface area contributed by atoms with Crippen LogP contribution in [0.5, 0.6) is 5.75 Å². The summed E-state index contributed by atoms with van der Waals surface area (Å²) in [5.41, 5.74) is 4.86. The van der Waals surface area contributed by atoms with Gasteiger partial charge in [-0.2, -0.15) is 10.1 Å². The van der Waals surface area contributed by atoms with Crippen molar-refractivity contribution in [3.63, 3.8) is 0 Å². The molecule has 32 heavy (non-hydrogen) atoms. The van der Waals surface area contributed by atoms with Crippen LogP contribution >= 0.6 is 0 Å². The fourth-order valence-electron chi connectivity index (χ4n) is 4.03. The lowest BCUT2D eigenvalue weighted by atomic mass is 9.98. The number of hydrogen-bond acceptors (Lipinski definition) is 5. The van der Waals surface area contributed by atoms with Crippen molar-refractivity contribution in [1.82, 2.24) is 19.7 Å². The lowest BCUT2D eigenvalue weighted by Gasteiger charge is -2.19. The van der Waals surface area contributed by atoms with Gasteiger partial charge < -0.3 is 10.1 Å². The zero-order chi connectivity index (χ0) is 22.3. The molecule has 1 aliphatic rings. The van der Waals surface area contributed by atoms with Gasteiger partial charge in [-0.15, -0.1) is 0 Å². The summed E-state index contributed by atoms with van der Waals surface area (Å²) in [7, 11) is 0. The van der Waals surface area contributed by atoms with Crippen LogP contribution in [0.2, 0.25) is 0 Å². The predicted octanol–water partition coefficient (Wildman–Crippen LogP) is 4.48. The van der Waals surface area contributed by atoms with E-state index >= 15 is 0 Å².